The normalized spacial score (nSPS) is 11.4. The zero-order chi connectivity index (χ0) is 33.0. The summed E-state index contributed by atoms with van der Waals surface area (Å²) in [6.07, 6.45) is 0.0478. The van der Waals surface area contributed by atoms with Gasteiger partial charge in [-0.3, -0.25) is 0 Å². The predicted octanol–water partition coefficient (Wildman–Crippen LogP) is 11.1. The Morgan fingerprint density at radius 3 is 1.78 bits per heavy atom. The van der Waals surface area contributed by atoms with Crippen LogP contribution in [0.3, 0.4) is 0 Å². The smallest absolute Gasteiger partial charge is 0.429 e. The van der Waals surface area contributed by atoms with Crippen molar-refractivity contribution in [3.05, 3.63) is 137 Å². The van der Waals surface area contributed by atoms with Crippen molar-refractivity contribution in [3.8, 4) is 45.2 Å². The van der Waals surface area contributed by atoms with Gasteiger partial charge in [0.25, 0.3) is 0 Å². The Morgan fingerprint density at radius 2 is 1.17 bits per heavy atom. The standard InChI is InChI=1S/C37H26F7NO/c1-2-3-4-5-22-6-8-23(9-7-22)24-10-13-28(32(38)16-24)25-11-15-31(36(42)17-25)37(43,44)46-27-12-14-29(35(41)20-27)26-18-33(39)30(21-45)34(40)19-26/h6-20H,2-5H2,1H3. The van der Waals surface area contributed by atoms with E-state index in [1.165, 1.54) is 23.8 Å². The van der Waals surface area contributed by atoms with Crippen molar-refractivity contribution < 1.29 is 35.5 Å². The van der Waals surface area contributed by atoms with Crippen molar-refractivity contribution in [2.24, 2.45) is 0 Å². The molecule has 5 aromatic rings. The number of halogens is 7. The highest BCUT2D eigenvalue weighted by molar-refractivity contribution is 5.71. The zero-order valence-corrected chi connectivity index (χ0v) is 24.5. The molecular formula is C37H26F7NO. The van der Waals surface area contributed by atoms with Crippen LogP contribution in [0.5, 0.6) is 5.75 Å². The molecule has 234 valence electrons. The van der Waals surface area contributed by atoms with Crippen molar-refractivity contribution >= 4 is 0 Å². The van der Waals surface area contributed by atoms with E-state index in [9.17, 15) is 13.2 Å². The van der Waals surface area contributed by atoms with Gasteiger partial charge in [0.05, 0.1) is 5.56 Å². The number of aryl methyl sites for hydroxylation is 1. The molecule has 0 unspecified atom stereocenters. The summed E-state index contributed by atoms with van der Waals surface area (Å²) in [5.41, 5.74) is -0.0433. The number of nitrogens with zero attached hydrogens (tertiary/aromatic N) is 1. The average Bonchev–Trinajstić information content (AvgIpc) is 3.01. The van der Waals surface area contributed by atoms with E-state index in [1.807, 2.05) is 24.3 Å². The number of hydrogen-bond donors (Lipinski definition) is 0. The molecule has 0 amide bonds. The summed E-state index contributed by atoms with van der Waals surface area (Å²) in [5.74, 6) is -6.35. The van der Waals surface area contributed by atoms with Gasteiger partial charge in [-0.1, -0.05) is 62.2 Å². The summed E-state index contributed by atoms with van der Waals surface area (Å²) in [6, 6.07) is 20.1. The van der Waals surface area contributed by atoms with Gasteiger partial charge in [-0.15, -0.1) is 0 Å². The number of benzene rings is 5. The molecule has 0 spiro atoms. The fraction of sp³-hybridized carbons (Fsp3) is 0.162. The molecule has 0 atom stereocenters. The molecule has 0 aliphatic rings. The molecule has 0 saturated carbocycles. The van der Waals surface area contributed by atoms with Crippen molar-refractivity contribution in [2.75, 3.05) is 0 Å². The second kappa shape index (κ2) is 13.5. The third-order valence-electron chi connectivity index (χ3n) is 7.57. The fourth-order valence-electron chi connectivity index (χ4n) is 5.12. The average molecular weight is 634 g/mol. The first-order chi connectivity index (χ1) is 22.0. The van der Waals surface area contributed by atoms with Crippen molar-refractivity contribution in [1.29, 1.82) is 5.26 Å². The van der Waals surface area contributed by atoms with E-state index < -0.39 is 52.1 Å². The molecular weight excluding hydrogens is 607 g/mol. The van der Waals surface area contributed by atoms with Crippen LogP contribution in [0, 0.1) is 40.4 Å². The first-order valence-electron chi connectivity index (χ1n) is 14.5. The molecule has 46 heavy (non-hydrogen) atoms. The number of rotatable bonds is 10. The van der Waals surface area contributed by atoms with Crippen LogP contribution in [0.25, 0.3) is 33.4 Å². The highest BCUT2D eigenvalue weighted by Gasteiger charge is 2.38. The second-order valence-corrected chi connectivity index (χ2v) is 10.7. The minimum absolute atomic E-state index is 0.00274. The first kappa shape index (κ1) is 32.3. The third kappa shape index (κ3) is 6.91. The lowest BCUT2D eigenvalue weighted by Gasteiger charge is -2.20. The minimum Gasteiger partial charge on any atom is -0.429 e. The maximum absolute atomic E-state index is 15.1. The fourth-order valence-corrected chi connectivity index (χ4v) is 5.12. The summed E-state index contributed by atoms with van der Waals surface area (Å²) in [4.78, 5) is 0. The van der Waals surface area contributed by atoms with Crippen LogP contribution in [0.15, 0.2) is 91.0 Å². The van der Waals surface area contributed by atoms with Crippen molar-refractivity contribution in [3.63, 3.8) is 0 Å². The topological polar surface area (TPSA) is 33.0 Å². The molecule has 0 fully saturated rings. The summed E-state index contributed by atoms with van der Waals surface area (Å²) in [5, 5.41) is 8.80. The second-order valence-electron chi connectivity index (χ2n) is 10.7. The monoisotopic (exact) mass is 633 g/mol. The van der Waals surface area contributed by atoms with Gasteiger partial charge in [0, 0.05) is 17.2 Å². The SMILES string of the molecule is CCCCCc1ccc(-c2ccc(-c3ccc(C(F)(F)Oc4ccc(-c5cc(F)c(C#N)c(F)c5)c(F)c4)c(F)c3)c(F)c2)cc1. The Kier molecular flexibility index (Phi) is 9.47. The number of alkyl halides is 2. The van der Waals surface area contributed by atoms with Crippen LogP contribution in [-0.2, 0) is 12.5 Å². The van der Waals surface area contributed by atoms with Gasteiger partial charge in [0.15, 0.2) is 0 Å². The van der Waals surface area contributed by atoms with Gasteiger partial charge < -0.3 is 4.74 Å². The van der Waals surface area contributed by atoms with E-state index >= 15 is 17.6 Å². The quantitative estimate of drug-likeness (QED) is 0.113. The molecule has 0 N–H and O–H groups in total. The van der Waals surface area contributed by atoms with Crippen LogP contribution in [-0.4, -0.2) is 0 Å². The van der Waals surface area contributed by atoms with Crippen molar-refractivity contribution in [1.82, 2.24) is 0 Å². The van der Waals surface area contributed by atoms with Crippen LogP contribution >= 0.6 is 0 Å². The van der Waals surface area contributed by atoms with E-state index in [0.29, 0.717) is 11.6 Å². The number of hydrogen-bond acceptors (Lipinski definition) is 2. The van der Waals surface area contributed by atoms with E-state index in [1.54, 1.807) is 6.07 Å². The minimum atomic E-state index is -4.27. The molecule has 0 heterocycles. The molecule has 0 aromatic heterocycles. The van der Waals surface area contributed by atoms with Gasteiger partial charge >= 0.3 is 6.11 Å². The first-order valence-corrected chi connectivity index (χ1v) is 14.5. The van der Waals surface area contributed by atoms with E-state index in [0.717, 1.165) is 73.7 Å². The van der Waals surface area contributed by atoms with Crippen LogP contribution in [0.4, 0.5) is 30.7 Å². The van der Waals surface area contributed by atoms with E-state index in [2.05, 4.69) is 11.7 Å². The third-order valence-corrected chi connectivity index (χ3v) is 7.57. The Hall–Kier alpha value is -5.10. The number of ether oxygens (including phenoxy) is 1. The summed E-state index contributed by atoms with van der Waals surface area (Å²) < 4.78 is 108. The Balaban J connectivity index is 1.33. The van der Waals surface area contributed by atoms with Crippen molar-refractivity contribution in [2.45, 2.75) is 38.7 Å². The lowest BCUT2D eigenvalue weighted by atomic mass is 9.97. The van der Waals surface area contributed by atoms with Crippen LogP contribution in [0.2, 0.25) is 0 Å². The van der Waals surface area contributed by atoms with Gasteiger partial charge in [0.2, 0.25) is 0 Å². The molecule has 0 aliphatic carbocycles. The molecule has 0 saturated heterocycles. The molecule has 0 radical (unpaired) electrons. The molecule has 0 aliphatic heterocycles. The largest absolute Gasteiger partial charge is 0.429 e. The molecule has 5 rings (SSSR count). The lowest BCUT2D eigenvalue weighted by Crippen LogP contribution is -2.23. The summed E-state index contributed by atoms with van der Waals surface area (Å²) >= 11 is 0. The van der Waals surface area contributed by atoms with Gasteiger partial charge in [-0.2, -0.15) is 14.0 Å². The number of nitriles is 1. The number of unbranched alkanes of at least 4 members (excludes halogenated alkanes) is 2. The zero-order valence-electron chi connectivity index (χ0n) is 24.5. The van der Waals surface area contributed by atoms with Gasteiger partial charge in [-0.25, -0.2) is 22.0 Å². The maximum atomic E-state index is 15.1. The molecule has 9 heteroatoms. The van der Waals surface area contributed by atoms with Gasteiger partial charge in [0.1, 0.15) is 46.5 Å². The van der Waals surface area contributed by atoms with Crippen LogP contribution in [0.1, 0.15) is 42.9 Å². The predicted molar refractivity (Wildman–Crippen MR) is 161 cm³/mol. The lowest BCUT2D eigenvalue weighted by molar-refractivity contribution is -0.187. The molecule has 2 nitrogen and oxygen atoms in total. The Morgan fingerprint density at radius 1 is 0.609 bits per heavy atom. The maximum Gasteiger partial charge on any atom is 0.429 e. The Bertz CT molecular complexity index is 1910. The Labute approximate surface area is 261 Å². The van der Waals surface area contributed by atoms with E-state index in [-0.39, 0.29) is 22.3 Å². The summed E-state index contributed by atoms with van der Waals surface area (Å²) in [7, 11) is 0. The van der Waals surface area contributed by atoms with E-state index in [4.69, 9.17) is 5.26 Å². The molecule has 0 bridgehead atoms. The highest BCUT2D eigenvalue weighted by Crippen LogP contribution is 2.37. The summed E-state index contributed by atoms with van der Waals surface area (Å²) in [6.45, 7) is 2.14. The van der Waals surface area contributed by atoms with Gasteiger partial charge in [-0.05, 0) is 83.1 Å². The molecule has 5 aromatic carbocycles. The highest BCUT2D eigenvalue weighted by atomic mass is 19.3. The van der Waals surface area contributed by atoms with Crippen LogP contribution < -0.4 is 4.74 Å².